The van der Waals surface area contributed by atoms with E-state index < -0.39 is 0 Å². The van der Waals surface area contributed by atoms with Gasteiger partial charge < -0.3 is 14.8 Å². The van der Waals surface area contributed by atoms with E-state index in [9.17, 15) is 0 Å². The second kappa shape index (κ2) is 9.76. The molecule has 0 heterocycles. The van der Waals surface area contributed by atoms with Crippen LogP contribution in [0.1, 0.15) is 52.9 Å². The summed E-state index contributed by atoms with van der Waals surface area (Å²) in [5.74, 6) is 0.822. The van der Waals surface area contributed by atoms with E-state index in [1.807, 2.05) is 0 Å². The van der Waals surface area contributed by atoms with Crippen molar-refractivity contribution < 1.29 is 9.47 Å². The third-order valence-corrected chi connectivity index (χ3v) is 3.60. The summed E-state index contributed by atoms with van der Waals surface area (Å²) in [5, 5.41) is 3.65. The van der Waals surface area contributed by atoms with Gasteiger partial charge in [0.15, 0.2) is 0 Å². The Labute approximate surface area is 113 Å². The maximum Gasteiger partial charge on any atom is 0.0703 e. The molecule has 1 aliphatic carbocycles. The molecule has 0 aromatic rings. The minimum Gasteiger partial charge on any atom is -0.377 e. The van der Waals surface area contributed by atoms with Gasteiger partial charge in [-0.1, -0.05) is 19.8 Å². The van der Waals surface area contributed by atoms with Crippen LogP contribution in [-0.2, 0) is 9.47 Å². The molecule has 18 heavy (non-hydrogen) atoms. The average Bonchev–Trinajstić information content (AvgIpc) is 2.86. The van der Waals surface area contributed by atoms with Crippen LogP contribution in [0, 0.1) is 5.92 Å². The molecule has 0 saturated heterocycles. The van der Waals surface area contributed by atoms with Crippen molar-refractivity contribution in [2.45, 2.75) is 65.0 Å². The minimum absolute atomic E-state index is 0.303. The van der Waals surface area contributed by atoms with Crippen molar-refractivity contribution in [3.63, 3.8) is 0 Å². The maximum absolute atomic E-state index is 5.77. The molecule has 3 heteroatoms. The van der Waals surface area contributed by atoms with Crippen molar-refractivity contribution in [3.8, 4) is 0 Å². The lowest BCUT2D eigenvalue weighted by Crippen LogP contribution is -2.39. The van der Waals surface area contributed by atoms with Crippen molar-refractivity contribution in [1.82, 2.24) is 5.32 Å². The lowest BCUT2D eigenvalue weighted by molar-refractivity contribution is 0.00947. The molecule has 0 bridgehead atoms. The van der Waals surface area contributed by atoms with Crippen molar-refractivity contribution in [2.24, 2.45) is 5.92 Å². The molecule has 108 valence electrons. The van der Waals surface area contributed by atoms with Crippen molar-refractivity contribution in [3.05, 3.63) is 0 Å². The highest BCUT2D eigenvalue weighted by Crippen LogP contribution is 2.27. The van der Waals surface area contributed by atoms with Gasteiger partial charge in [0.1, 0.15) is 0 Å². The Bertz CT molecular complexity index is 191. The summed E-state index contributed by atoms with van der Waals surface area (Å²) in [5.41, 5.74) is 0. The van der Waals surface area contributed by atoms with E-state index in [0.29, 0.717) is 18.8 Å². The third kappa shape index (κ3) is 6.72. The molecular formula is C15H31NO2. The van der Waals surface area contributed by atoms with Crippen LogP contribution in [0.4, 0.5) is 0 Å². The van der Waals surface area contributed by atoms with E-state index >= 15 is 0 Å². The lowest BCUT2D eigenvalue weighted by Gasteiger charge is -2.24. The molecule has 0 spiro atoms. The first-order valence-electron chi connectivity index (χ1n) is 7.66. The molecule has 1 aliphatic rings. The fourth-order valence-electron chi connectivity index (χ4n) is 2.60. The van der Waals surface area contributed by atoms with Crippen LogP contribution in [0.25, 0.3) is 0 Å². The second-order valence-corrected chi connectivity index (χ2v) is 5.60. The number of hydrogen-bond acceptors (Lipinski definition) is 3. The Kier molecular flexibility index (Phi) is 8.64. The Morgan fingerprint density at radius 2 is 1.89 bits per heavy atom. The zero-order chi connectivity index (χ0) is 13.2. The SMILES string of the molecule is CCCNC(COCCOC(C)C)C1CCCC1. The minimum atomic E-state index is 0.303. The molecule has 1 atom stereocenters. The van der Waals surface area contributed by atoms with E-state index in [1.165, 1.54) is 32.1 Å². The summed E-state index contributed by atoms with van der Waals surface area (Å²) >= 11 is 0. The van der Waals surface area contributed by atoms with Crippen molar-refractivity contribution >= 4 is 0 Å². The van der Waals surface area contributed by atoms with Gasteiger partial charge in [-0.25, -0.2) is 0 Å². The van der Waals surface area contributed by atoms with E-state index in [0.717, 1.165) is 25.7 Å². The van der Waals surface area contributed by atoms with Gasteiger partial charge in [0.25, 0.3) is 0 Å². The fourth-order valence-corrected chi connectivity index (χ4v) is 2.60. The molecule has 1 rings (SSSR count). The molecule has 1 unspecified atom stereocenters. The monoisotopic (exact) mass is 257 g/mol. The summed E-state index contributed by atoms with van der Waals surface area (Å²) < 4.78 is 11.3. The fraction of sp³-hybridized carbons (Fsp3) is 1.00. The van der Waals surface area contributed by atoms with E-state index in [2.05, 4.69) is 26.1 Å². The van der Waals surface area contributed by atoms with Crippen LogP contribution in [0.3, 0.4) is 0 Å². The largest absolute Gasteiger partial charge is 0.377 e. The van der Waals surface area contributed by atoms with Gasteiger partial charge in [0, 0.05) is 6.04 Å². The Balaban J connectivity index is 2.14. The highest BCUT2D eigenvalue weighted by molar-refractivity contribution is 4.80. The zero-order valence-corrected chi connectivity index (χ0v) is 12.4. The maximum atomic E-state index is 5.77. The van der Waals surface area contributed by atoms with Crippen LogP contribution < -0.4 is 5.32 Å². The summed E-state index contributed by atoms with van der Waals surface area (Å²) in [7, 11) is 0. The summed E-state index contributed by atoms with van der Waals surface area (Å²) in [6.45, 7) is 9.71. The van der Waals surface area contributed by atoms with Crippen molar-refractivity contribution in [1.29, 1.82) is 0 Å². The Morgan fingerprint density at radius 3 is 2.50 bits per heavy atom. The molecule has 0 radical (unpaired) electrons. The van der Waals surface area contributed by atoms with Gasteiger partial charge in [-0.05, 0) is 45.6 Å². The van der Waals surface area contributed by atoms with Gasteiger partial charge in [0.05, 0.1) is 25.9 Å². The van der Waals surface area contributed by atoms with Gasteiger partial charge >= 0.3 is 0 Å². The molecule has 0 aromatic heterocycles. The average molecular weight is 257 g/mol. The van der Waals surface area contributed by atoms with Crippen LogP contribution in [0.15, 0.2) is 0 Å². The number of ether oxygens (including phenoxy) is 2. The molecule has 1 N–H and O–H groups in total. The lowest BCUT2D eigenvalue weighted by atomic mass is 9.99. The zero-order valence-electron chi connectivity index (χ0n) is 12.4. The smallest absolute Gasteiger partial charge is 0.0703 e. The summed E-state index contributed by atoms with van der Waals surface area (Å²) in [4.78, 5) is 0. The number of hydrogen-bond donors (Lipinski definition) is 1. The summed E-state index contributed by atoms with van der Waals surface area (Å²) in [6, 6.07) is 0.548. The first kappa shape index (κ1) is 15.9. The second-order valence-electron chi connectivity index (χ2n) is 5.60. The molecule has 0 amide bonds. The molecule has 3 nitrogen and oxygen atoms in total. The van der Waals surface area contributed by atoms with E-state index in [4.69, 9.17) is 9.47 Å². The number of rotatable bonds is 10. The quantitative estimate of drug-likeness (QED) is 0.610. The highest BCUT2D eigenvalue weighted by atomic mass is 16.5. The molecule has 1 saturated carbocycles. The normalized spacial score (nSPS) is 18.7. The molecule has 0 aromatic carbocycles. The predicted octanol–water partition coefficient (Wildman–Crippen LogP) is 2.99. The molecule has 0 aliphatic heterocycles. The Morgan fingerprint density at radius 1 is 1.17 bits per heavy atom. The van der Waals surface area contributed by atoms with Gasteiger partial charge in [-0.15, -0.1) is 0 Å². The van der Waals surface area contributed by atoms with Gasteiger partial charge in [-0.2, -0.15) is 0 Å². The highest BCUT2D eigenvalue weighted by Gasteiger charge is 2.24. The summed E-state index contributed by atoms with van der Waals surface area (Å²) in [6.07, 6.45) is 7.02. The van der Waals surface area contributed by atoms with Crippen LogP contribution >= 0.6 is 0 Å². The van der Waals surface area contributed by atoms with Crippen molar-refractivity contribution in [2.75, 3.05) is 26.4 Å². The Hall–Kier alpha value is -0.120. The third-order valence-electron chi connectivity index (χ3n) is 3.60. The van der Waals surface area contributed by atoms with Crippen LogP contribution in [-0.4, -0.2) is 38.5 Å². The molecular weight excluding hydrogens is 226 g/mol. The predicted molar refractivity (Wildman–Crippen MR) is 75.9 cm³/mol. The van der Waals surface area contributed by atoms with Crippen LogP contribution in [0.2, 0.25) is 0 Å². The first-order valence-corrected chi connectivity index (χ1v) is 7.66. The van der Waals surface area contributed by atoms with Crippen LogP contribution in [0.5, 0.6) is 0 Å². The number of nitrogens with one attached hydrogen (secondary N) is 1. The topological polar surface area (TPSA) is 30.5 Å². The van der Waals surface area contributed by atoms with Gasteiger partial charge in [-0.3, -0.25) is 0 Å². The van der Waals surface area contributed by atoms with E-state index in [1.54, 1.807) is 0 Å². The van der Waals surface area contributed by atoms with Gasteiger partial charge in [0.2, 0.25) is 0 Å². The standard InChI is InChI=1S/C15H31NO2/c1-4-9-16-15(14-7-5-6-8-14)12-17-10-11-18-13(2)3/h13-16H,4-12H2,1-3H3. The first-order chi connectivity index (χ1) is 8.74. The van der Waals surface area contributed by atoms with E-state index in [-0.39, 0.29) is 0 Å². The molecule has 1 fully saturated rings.